The van der Waals surface area contributed by atoms with E-state index in [0.717, 1.165) is 49.8 Å². The Morgan fingerprint density at radius 2 is 1.85 bits per heavy atom. The van der Waals surface area contributed by atoms with Crippen molar-refractivity contribution in [3.05, 3.63) is 41.3 Å². The van der Waals surface area contributed by atoms with Crippen molar-refractivity contribution in [1.29, 1.82) is 0 Å². The van der Waals surface area contributed by atoms with Crippen LogP contribution in [0.3, 0.4) is 0 Å². The molecule has 1 amide bonds. The fraction of sp³-hybridized carbons (Fsp3) is 0.630. The largest absolute Gasteiger partial charge is 0.354 e. The van der Waals surface area contributed by atoms with Crippen LogP contribution in [0.1, 0.15) is 59.2 Å². The molecule has 0 bridgehead atoms. The topological polar surface area (TPSA) is 44.6 Å². The van der Waals surface area contributed by atoms with Crippen LogP contribution in [0.15, 0.2) is 24.3 Å². The highest BCUT2D eigenvalue weighted by Crippen LogP contribution is 2.31. The summed E-state index contributed by atoms with van der Waals surface area (Å²) in [4.78, 5) is 20.1. The zero-order valence-corrected chi connectivity index (χ0v) is 22.1. The Hall–Kier alpha value is -2.41. The number of halogens is 1. The van der Waals surface area contributed by atoms with Gasteiger partial charge in [0.1, 0.15) is 11.6 Å². The number of anilines is 1. The lowest BCUT2D eigenvalue weighted by molar-refractivity contribution is -0.134. The molecule has 7 heteroatoms. The van der Waals surface area contributed by atoms with E-state index >= 15 is 0 Å². The Kier molecular flexibility index (Phi) is 8.39. The maximum absolute atomic E-state index is 14.1. The van der Waals surface area contributed by atoms with Crippen molar-refractivity contribution in [2.24, 2.45) is 11.3 Å². The molecule has 0 unspecified atom stereocenters. The van der Waals surface area contributed by atoms with Crippen molar-refractivity contribution >= 4 is 11.7 Å². The highest BCUT2D eigenvalue weighted by atomic mass is 19.1. The average Bonchev–Trinajstić information content (AvgIpc) is 3.08. The van der Waals surface area contributed by atoms with Crippen molar-refractivity contribution in [3.63, 3.8) is 0 Å². The van der Waals surface area contributed by atoms with Crippen LogP contribution in [-0.2, 0) is 11.3 Å². The Bertz CT molecular complexity index is 970. The standard InChI is InChI=1S/C27H42FN5O/c1-8-30-12-14-31(15-13-30)26-24(19-32(18-20(2)3)25(34)17-27(5,6)7)21(4)29-33(26)23-11-9-10-22(28)16-23/h9-11,16,20H,8,12-15,17-19H2,1-7H3. The Labute approximate surface area is 204 Å². The maximum atomic E-state index is 14.1. The van der Waals surface area contributed by atoms with Crippen LogP contribution < -0.4 is 4.90 Å². The highest BCUT2D eigenvalue weighted by Gasteiger charge is 2.29. The first-order valence-electron chi connectivity index (χ1n) is 12.6. The van der Waals surface area contributed by atoms with Gasteiger partial charge in [0.25, 0.3) is 0 Å². The molecule has 0 saturated carbocycles. The predicted octanol–water partition coefficient (Wildman–Crippen LogP) is 4.88. The van der Waals surface area contributed by atoms with Gasteiger partial charge in [-0.15, -0.1) is 0 Å². The van der Waals surface area contributed by atoms with E-state index in [9.17, 15) is 9.18 Å². The maximum Gasteiger partial charge on any atom is 0.223 e. The van der Waals surface area contributed by atoms with Crippen molar-refractivity contribution in [2.75, 3.05) is 44.2 Å². The number of carbonyl (C=O) groups excluding carboxylic acids is 1. The van der Waals surface area contributed by atoms with Crippen LogP contribution in [0, 0.1) is 24.1 Å². The minimum absolute atomic E-state index is 0.0770. The first-order valence-corrected chi connectivity index (χ1v) is 12.6. The first-order chi connectivity index (χ1) is 16.0. The van der Waals surface area contributed by atoms with Crippen LogP contribution in [0.4, 0.5) is 10.2 Å². The van der Waals surface area contributed by atoms with Gasteiger partial charge in [-0.2, -0.15) is 5.10 Å². The molecule has 0 atom stereocenters. The number of rotatable bonds is 8. The summed E-state index contributed by atoms with van der Waals surface area (Å²) in [6.45, 7) is 20.7. The summed E-state index contributed by atoms with van der Waals surface area (Å²) in [5.41, 5.74) is 2.57. The van der Waals surface area contributed by atoms with Crippen molar-refractivity contribution in [2.45, 2.75) is 61.4 Å². The zero-order chi connectivity index (χ0) is 25.0. The van der Waals surface area contributed by atoms with Gasteiger partial charge in [0.2, 0.25) is 5.91 Å². The van der Waals surface area contributed by atoms with E-state index in [1.165, 1.54) is 12.1 Å². The van der Waals surface area contributed by atoms with Gasteiger partial charge in [0.05, 0.1) is 17.9 Å². The lowest BCUT2D eigenvalue weighted by Gasteiger charge is -2.36. The van der Waals surface area contributed by atoms with E-state index < -0.39 is 0 Å². The summed E-state index contributed by atoms with van der Waals surface area (Å²) in [7, 11) is 0. The number of benzene rings is 1. The summed E-state index contributed by atoms with van der Waals surface area (Å²) < 4.78 is 16.0. The molecule has 1 aromatic carbocycles. The molecule has 6 nitrogen and oxygen atoms in total. The number of aryl methyl sites for hydroxylation is 1. The van der Waals surface area contributed by atoms with Crippen LogP contribution in [0.5, 0.6) is 0 Å². The number of amides is 1. The Balaban J connectivity index is 2.03. The number of hydrogen-bond acceptors (Lipinski definition) is 4. The van der Waals surface area contributed by atoms with Gasteiger partial charge in [-0.25, -0.2) is 9.07 Å². The molecular formula is C27H42FN5O. The van der Waals surface area contributed by atoms with Gasteiger partial charge in [0.15, 0.2) is 0 Å². The Morgan fingerprint density at radius 1 is 1.18 bits per heavy atom. The molecule has 1 aliphatic rings. The van der Waals surface area contributed by atoms with E-state index in [4.69, 9.17) is 5.10 Å². The highest BCUT2D eigenvalue weighted by molar-refractivity contribution is 5.77. The molecule has 1 aliphatic heterocycles. The monoisotopic (exact) mass is 471 g/mol. The SMILES string of the molecule is CCN1CCN(c2c(CN(CC(C)C)C(=O)CC(C)(C)C)c(C)nn2-c2cccc(F)c2)CC1. The van der Waals surface area contributed by atoms with Gasteiger partial charge >= 0.3 is 0 Å². The molecule has 188 valence electrons. The van der Waals surface area contributed by atoms with E-state index in [1.54, 1.807) is 6.07 Å². The number of likely N-dealkylation sites (N-methyl/N-ethyl adjacent to an activating group) is 1. The molecule has 0 spiro atoms. The molecule has 3 rings (SSSR count). The van der Waals surface area contributed by atoms with Crippen LogP contribution in [-0.4, -0.2) is 64.8 Å². The number of aromatic nitrogens is 2. The molecule has 0 N–H and O–H groups in total. The second kappa shape index (κ2) is 10.9. The summed E-state index contributed by atoms with van der Waals surface area (Å²) in [6.07, 6.45) is 0.501. The fourth-order valence-electron chi connectivity index (χ4n) is 4.57. The van der Waals surface area contributed by atoms with E-state index in [2.05, 4.69) is 51.3 Å². The summed E-state index contributed by atoms with van der Waals surface area (Å²) in [5, 5.41) is 4.86. The number of nitrogens with zero attached hydrogens (tertiary/aromatic N) is 5. The normalized spacial score (nSPS) is 15.3. The third kappa shape index (κ3) is 6.59. The molecule has 1 saturated heterocycles. The molecule has 2 heterocycles. The minimum atomic E-state index is -0.282. The summed E-state index contributed by atoms with van der Waals surface area (Å²) >= 11 is 0. The second-order valence-electron chi connectivity index (χ2n) is 11.1. The molecule has 0 radical (unpaired) electrons. The number of piperazine rings is 1. The summed E-state index contributed by atoms with van der Waals surface area (Å²) in [5.74, 6) is 1.23. The second-order valence-corrected chi connectivity index (χ2v) is 11.1. The predicted molar refractivity (Wildman–Crippen MR) is 137 cm³/mol. The van der Waals surface area contributed by atoms with Gasteiger partial charge in [-0.1, -0.05) is 47.6 Å². The van der Waals surface area contributed by atoms with Crippen molar-refractivity contribution < 1.29 is 9.18 Å². The molecule has 0 aliphatic carbocycles. The van der Waals surface area contributed by atoms with E-state index in [1.807, 2.05) is 22.6 Å². The molecule has 2 aromatic rings. The van der Waals surface area contributed by atoms with E-state index in [-0.39, 0.29) is 17.1 Å². The van der Waals surface area contributed by atoms with Gasteiger partial charge < -0.3 is 14.7 Å². The first kappa shape index (κ1) is 26.2. The third-order valence-corrected chi connectivity index (χ3v) is 6.30. The lowest BCUT2D eigenvalue weighted by atomic mass is 9.91. The van der Waals surface area contributed by atoms with E-state index in [0.29, 0.717) is 31.1 Å². The van der Waals surface area contributed by atoms with Gasteiger partial charge in [0, 0.05) is 44.7 Å². The molecule has 34 heavy (non-hydrogen) atoms. The van der Waals surface area contributed by atoms with Crippen molar-refractivity contribution in [3.8, 4) is 5.69 Å². The molecule has 1 aromatic heterocycles. The third-order valence-electron chi connectivity index (χ3n) is 6.30. The quantitative estimate of drug-likeness (QED) is 0.550. The molecular weight excluding hydrogens is 429 g/mol. The van der Waals surface area contributed by atoms with Gasteiger partial charge in [-0.3, -0.25) is 4.79 Å². The Morgan fingerprint density at radius 3 is 2.41 bits per heavy atom. The van der Waals surface area contributed by atoms with Crippen LogP contribution in [0.2, 0.25) is 0 Å². The lowest BCUT2D eigenvalue weighted by Crippen LogP contribution is -2.47. The number of carbonyl (C=O) groups is 1. The fourth-order valence-corrected chi connectivity index (χ4v) is 4.57. The van der Waals surface area contributed by atoms with Crippen molar-refractivity contribution in [1.82, 2.24) is 19.6 Å². The zero-order valence-electron chi connectivity index (χ0n) is 22.1. The van der Waals surface area contributed by atoms with Crippen LogP contribution >= 0.6 is 0 Å². The summed E-state index contributed by atoms with van der Waals surface area (Å²) in [6, 6.07) is 6.59. The van der Waals surface area contributed by atoms with Crippen LogP contribution in [0.25, 0.3) is 5.69 Å². The molecule has 1 fully saturated rings. The minimum Gasteiger partial charge on any atom is -0.354 e. The van der Waals surface area contributed by atoms with Gasteiger partial charge in [-0.05, 0) is 43.0 Å². The smallest absolute Gasteiger partial charge is 0.223 e. The average molecular weight is 472 g/mol. The number of hydrogen-bond donors (Lipinski definition) is 0.